The fraction of sp³-hybridized carbons (Fsp3) is 0.500. The van der Waals surface area contributed by atoms with Crippen LogP contribution in [0, 0.1) is 0 Å². The highest BCUT2D eigenvalue weighted by Gasteiger charge is 2.31. The summed E-state index contributed by atoms with van der Waals surface area (Å²) >= 11 is 0. The van der Waals surface area contributed by atoms with Gasteiger partial charge in [-0.1, -0.05) is 0 Å². The molecule has 1 aliphatic rings. The van der Waals surface area contributed by atoms with Gasteiger partial charge in [0.2, 0.25) is 0 Å². The molecular formula is C8H11NO4. The Morgan fingerprint density at radius 1 is 1.38 bits per heavy atom. The SMILES string of the molecule is CONc1cocc1C1OC(C)O1. The van der Waals surface area contributed by atoms with Gasteiger partial charge in [-0.25, -0.2) is 0 Å². The standard InChI is InChI=1S/C8H11NO4/c1-5-12-8(13-5)6-3-11-4-7(6)9-10-2/h3-5,8-9H,1-2H3. The zero-order chi connectivity index (χ0) is 9.26. The van der Waals surface area contributed by atoms with E-state index in [1.165, 1.54) is 13.4 Å². The Morgan fingerprint density at radius 2 is 2.15 bits per heavy atom. The molecule has 1 aromatic rings. The number of ether oxygens (including phenoxy) is 2. The van der Waals surface area contributed by atoms with E-state index in [1.807, 2.05) is 6.92 Å². The summed E-state index contributed by atoms with van der Waals surface area (Å²) in [7, 11) is 1.53. The maximum atomic E-state index is 5.29. The first kappa shape index (κ1) is 8.55. The van der Waals surface area contributed by atoms with Crippen LogP contribution in [0.15, 0.2) is 16.9 Å². The number of hydrogen-bond acceptors (Lipinski definition) is 5. The highest BCUT2D eigenvalue weighted by atomic mass is 16.9. The van der Waals surface area contributed by atoms with E-state index in [1.54, 1.807) is 6.26 Å². The molecule has 1 aromatic heterocycles. The molecular weight excluding hydrogens is 174 g/mol. The van der Waals surface area contributed by atoms with Crippen LogP contribution in [0.25, 0.3) is 0 Å². The summed E-state index contributed by atoms with van der Waals surface area (Å²) in [6.07, 6.45) is 2.62. The second-order valence-corrected chi connectivity index (χ2v) is 2.72. The summed E-state index contributed by atoms with van der Waals surface area (Å²) < 4.78 is 15.6. The molecule has 72 valence electrons. The largest absolute Gasteiger partial charge is 0.470 e. The molecule has 0 spiro atoms. The van der Waals surface area contributed by atoms with E-state index in [2.05, 4.69) is 5.48 Å². The Hall–Kier alpha value is -1.04. The van der Waals surface area contributed by atoms with E-state index in [4.69, 9.17) is 18.7 Å². The first-order chi connectivity index (χ1) is 6.31. The Balaban J connectivity index is 2.06. The molecule has 5 nitrogen and oxygen atoms in total. The Labute approximate surface area is 75.5 Å². The molecule has 2 heterocycles. The van der Waals surface area contributed by atoms with E-state index >= 15 is 0 Å². The lowest BCUT2D eigenvalue weighted by molar-refractivity contribution is -0.382. The molecule has 1 N–H and O–H groups in total. The van der Waals surface area contributed by atoms with Crippen LogP contribution in [0.2, 0.25) is 0 Å². The van der Waals surface area contributed by atoms with Gasteiger partial charge in [0.25, 0.3) is 0 Å². The lowest BCUT2D eigenvalue weighted by Crippen LogP contribution is -2.31. The Bertz CT molecular complexity index is 279. The zero-order valence-corrected chi connectivity index (χ0v) is 7.44. The van der Waals surface area contributed by atoms with E-state index in [9.17, 15) is 0 Å². The van der Waals surface area contributed by atoms with Gasteiger partial charge in [0, 0.05) is 0 Å². The van der Waals surface area contributed by atoms with Gasteiger partial charge in [-0.05, 0) is 6.92 Å². The molecule has 1 saturated heterocycles. The molecule has 0 unspecified atom stereocenters. The molecule has 0 radical (unpaired) electrons. The minimum Gasteiger partial charge on any atom is -0.470 e. The highest BCUT2D eigenvalue weighted by molar-refractivity contribution is 5.47. The number of nitrogens with one attached hydrogen (secondary N) is 1. The first-order valence-corrected chi connectivity index (χ1v) is 3.97. The quantitative estimate of drug-likeness (QED) is 0.725. The van der Waals surface area contributed by atoms with Crippen LogP contribution in [0.5, 0.6) is 0 Å². The molecule has 0 saturated carbocycles. The van der Waals surface area contributed by atoms with Crippen LogP contribution in [0.4, 0.5) is 5.69 Å². The topological polar surface area (TPSA) is 52.9 Å². The highest BCUT2D eigenvalue weighted by Crippen LogP contribution is 2.36. The predicted octanol–water partition coefficient (Wildman–Crippen LogP) is 1.64. The third-order valence-electron chi connectivity index (χ3n) is 1.79. The van der Waals surface area contributed by atoms with Crippen molar-refractivity contribution in [1.29, 1.82) is 0 Å². The van der Waals surface area contributed by atoms with Crippen molar-refractivity contribution in [2.75, 3.05) is 12.6 Å². The fourth-order valence-electron chi connectivity index (χ4n) is 1.19. The average Bonchev–Trinajstić information content (AvgIpc) is 2.48. The summed E-state index contributed by atoms with van der Waals surface area (Å²) in [6.45, 7) is 1.83. The lowest BCUT2D eigenvalue weighted by atomic mass is 10.2. The van der Waals surface area contributed by atoms with Crippen molar-refractivity contribution in [3.05, 3.63) is 18.1 Å². The lowest BCUT2D eigenvalue weighted by Gasteiger charge is -2.33. The molecule has 1 fully saturated rings. The summed E-state index contributed by atoms with van der Waals surface area (Å²) in [4.78, 5) is 4.75. The van der Waals surface area contributed by atoms with Gasteiger partial charge in [-0.3, -0.25) is 10.3 Å². The first-order valence-electron chi connectivity index (χ1n) is 3.97. The van der Waals surface area contributed by atoms with Gasteiger partial charge in [0.15, 0.2) is 12.6 Å². The third-order valence-corrected chi connectivity index (χ3v) is 1.79. The minimum atomic E-state index is -0.341. The van der Waals surface area contributed by atoms with Gasteiger partial charge in [0.05, 0.1) is 12.7 Å². The van der Waals surface area contributed by atoms with Crippen LogP contribution in [0.1, 0.15) is 18.8 Å². The second kappa shape index (κ2) is 3.37. The third kappa shape index (κ3) is 1.53. The van der Waals surface area contributed by atoms with Gasteiger partial charge >= 0.3 is 0 Å². The van der Waals surface area contributed by atoms with Gasteiger partial charge in [0.1, 0.15) is 18.2 Å². The molecule has 5 heteroatoms. The van der Waals surface area contributed by atoms with Crippen LogP contribution in [0.3, 0.4) is 0 Å². The Morgan fingerprint density at radius 3 is 2.77 bits per heavy atom. The zero-order valence-electron chi connectivity index (χ0n) is 7.44. The summed E-state index contributed by atoms with van der Waals surface area (Å²) in [5, 5.41) is 0. The van der Waals surface area contributed by atoms with Crippen LogP contribution < -0.4 is 5.48 Å². The van der Waals surface area contributed by atoms with Crippen molar-refractivity contribution in [3.8, 4) is 0 Å². The predicted molar refractivity (Wildman–Crippen MR) is 43.7 cm³/mol. The maximum absolute atomic E-state index is 5.29. The van der Waals surface area contributed by atoms with Crippen molar-refractivity contribution in [2.24, 2.45) is 0 Å². The van der Waals surface area contributed by atoms with Crippen LogP contribution in [-0.4, -0.2) is 13.4 Å². The Kier molecular flexibility index (Phi) is 2.22. The molecule has 13 heavy (non-hydrogen) atoms. The summed E-state index contributed by atoms with van der Waals surface area (Å²) in [6, 6.07) is 0. The van der Waals surface area contributed by atoms with Crippen LogP contribution in [-0.2, 0) is 14.3 Å². The monoisotopic (exact) mass is 185 g/mol. The summed E-state index contributed by atoms with van der Waals surface area (Å²) in [5.41, 5.74) is 4.19. The molecule has 0 aromatic carbocycles. The van der Waals surface area contributed by atoms with Crippen molar-refractivity contribution in [3.63, 3.8) is 0 Å². The van der Waals surface area contributed by atoms with E-state index in [-0.39, 0.29) is 12.6 Å². The molecule has 0 atom stereocenters. The van der Waals surface area contributed by atoms with Crippen LogP contribution >= 0.6 is 0 Å². The van der Waals surface area contributed by atoms with Crippen molar-refractivity contribution in [2.45, 2.75) is 19.5 Å². The minimum absolute atomic E-state index is 0.143. The number of hydrogen-bond donors (Lipinski definition) is 1. The molecule has 0 bridgehead atoms. The molecule has 0 amide bonds. The second-order valence-electron chi connectivity index (χ2n) is 2.72. The average molecular weight is 185 g/mol. The normalized spacial score (nSPS) is 26.9. The van der Waals surface area contributed by atoms with Gasteiger partial charge in [-0.2, -0.15) is 0 Å². The molecule has 1 aliphatic heterocycles. The molecule has 0 aliphatic carbocycles. The molecule has 2 rings (SSSR count). The van der Waals surface area contributed by atoms with E-state index in [0.717, 1.165) is 11.3 Å². The smallest absolute Gasteiger partial charge is 0.195 e. The van der Waals surface area contributed by atoms with Gasteiger partial charge in [-0.15, -0.1) is 0 Å². The maximum Gasteiger partial charge on any atom is 0.195 e. The van der Waals surface area contributed by atoms with Crippen molar-refractivity contribution < 1.29 is 18.7 Å². The van der Waals surface area contributed by atoms with E-state index < -0.39 is 0 Å². The van der Waals surface area contributed by atoms with Crippen molar-refractivity contribution >= 4 is 5.69 Å². The van der Waals surface area contributed by atoms with Crippen molar-refractivity contribution in [1.82, 2.24) is 0 Å². The van der Waals surface area contributed by atoms with Gasteiger partial charge < -0.3 is 13.9 Å². The number of rotatable bonds is 3. The summed E-state index contributed by atoms with van der Waals surface area (Å²) in [5.74, 6) is 0. The number of anilines is 1. The number of furan rings is 1. The van der Waals surface area contributed by atoms with E-state index in [0.29, 0.717) is 0 Å². The fourth-order valence-corrected chi connectivity index (χ4v) is 1.19.